The van der Waals surface area contributed by atoms with Crippen LogP contribution in [0.1, 0.15) is 21.5 Å². The van der Waals surface area contributed by atoms with Gasteiger partial charge in [0.05, 0.1) is 11.0 Å². The molecule has 0 aromatic heterocycles. The first-order chi connectivity index (χ1) is 13.5. The van der Waals surface area contributed by atoms with E-state index in [-0.39, 0.29) is 29.2 Å². The van der Waals surface area contributed by atoms with E-state index >= 15 is 0 Å². The van der Waals surface area contributed by atoms with Gasteiger partial charge >= 0.3 is 11.7 Å². The smallest absolute Gasteiger partial charge is 0.347 e. The molecule has 6 nitrogen and oxygen atoms in total. The van der Waals surface area contributed by atoms with Crippen LogP contribution in [0.4, 0.5) is 10.1 Å². The Bertz CT molecular complexity index is 1010. The normalized spacial score (nSPS) is 10.4. The number of rotatable bonds is 6. The zero-order valence-corrected chi connectivity index (χ0v) is 14.9. The number of ether oxygens (including phenoxy) is 2. The van der Waals surface area contributed by atoms with Crippen molar-refractivity contribution in [3.05, 3.63) is 99.4 Å². The molecular formula is C21H16FNO5. The summed E-state index contributed by atoms with van der Waals surface area (Å²) in [6.07, 6.45) is 0. The third kappa shape index (κ3) is 4.15. The summed E-state index contributed by atoms with van der Waals surface area (Å²) in [6, 6.07) is 17.8. The van der Waals surface area contributed by atoms with E-state index in [4.69, 9.17) is 9.47 Å². The first-order valence-corrected chi connectivity index (χ1v) is 8.39. The molecule has 3 aromatic rings. The van der Waals surface area contributed by atoms with Gasteiger partial charge in [-0.25, -0.2) is 9.18 Å². The average Bonchev–Trinajstić information content (AvgIpc) is 2.69. The molecule has 0 N–H and O–H groups in total. The van der Waals surface area contributed by atoms with E-state index in [2.05, 4.69) is 0 Å². The Morgan fingerprint density at radius 3 is 2.29 bits per heavy atom. The predicted octanol–water partition coefficient (Wildman–Crippen LogP) is 4.84. The molecule has 0 amide bonds. The van der Waals surface area contributed by atoms with E-state index in [1.165, 1.54) is 6.92 Å². The van der Waals surface area contributed by atoms with Gasteiger partial charge in [-0.1, -0.05) is 48.5 Å². The monoisotopic (exact) mass is 381 g/mol. The van der Waals surface area contributed by atoms with Gasteiger partial charge in [0.1, 0.15) is 23.7 Å². The van der Waals surface area contributed by atoms with Crippen LogP contribution >= 0.6 is 0 Å². The third-order valence-corrected chi connectivity index (χ3v) is 4.04. The number of halogens is 1. The van der Waals surface area contributed by atoms with Gasteiger partial charge < -0.3 is 9.47 Å². The second kappa shape index (κ2) is 8.30. The molecule has 7 heteroatoms. The van der Waals surface area contributed by atoms with Crippen LogP contribution in [0.25, 0.3) is 0 Å². The largest absolute Gasteiger partial charge is 0.481 e. The highest BCUT2D eigenvalue weighted by molar-refractivity contribution is 5.97. The summed E-state index contributed by atoms with van der Waals surface area (Å²) in [5, 5.41) is 11.4. The topological polar surface area (TPSA) is 78.7 Å². The van der Waals surface area contributed by atoms with Crippen molar-refractivity contribution >= 4 is 11.7 Å². The summed E-state index contributed by atoms with van der Waals surface area (Å²) in [6.45, 7) is 1.31. The zero-order valence-electron chi connectivity index (χ0n) is 14.9. The Morgan fingerprint density at radius 1 is 1.07 bits per heavy atom. The molecule has 0 atom stereocenters. The number of esters is 1. The summed E-state index contributed by atoms with van der Waals surface area (Å²) < 4.78 is 25.1. The number of benzene rings is 3. The van der Waals surface area contributed by atoms with Crippen molar-refractivity contribution in [3.8, 4) is 11.5 Å². The van der Waals surface area contributed by atoms with Gasteiger partial charge in [0.25, 0.3) is 0 Å². The Labute approximate surface area is 160 Å². The molecule has 0 fully saturated rings. The van der Waals surface area contributed by atoms with Crippen molar-refractivity contribution in [3.63, 3.8) is 0 Å². The molecule has 0 bridgehead atoms. The fourth-order valence-electron chi connectivity index (χ4n) is 2.62. The second-order valence-electron chi connectivity index (χ2n) is 5.94. The lowest BCUT2D eigenvalue weighted by Gasteiger charge is -2.14. The standard InChI is InChI=1S/C21H16FNO5/c1-14-17(22)12-18(23(25)26)20(27-13-15-8-4-2-5-9-15)19(14)21(24)28-16-10-6-3-7-11-16/h2-12H,13H2,1H3. The summed E-state index contributed by atoms with van der Waals surface area (Å²) in [4.78, 5) is 23.3. The lowest BCUT2D eigenvalue weighted by molar-refractivity contribution is -0.386. The fourth-order valence-corrected chi connectivity index (χ4v) is 2.62. The lowest BCUT2D eigenvalue weighted by Crippen LogP contribution is -2.15. The molecule has 0 aliphatic rings. The molecule has 0 radical (unpaired) electrons. The van der Waals surface area contributed by atoms with Crippen molar-refractivity contribution in [2.75, 3.05) is 0 Å². The van der Waals surface area contributed by atoms with E-state index in [0.29, 0.717) is 0 Å². The fraction of sp³-hybridized carbons (Fsp3) is 0.0952. The van der Waals surface area contributed by atoms with Crippen molar-refractivity contribution in [2.45, 2.75) is 13.5 Å². The first-order valence-electron chi connectivity index (χ1n) is 8.39. The highest BCUT2D eigenvalue weighted by Gasteiger charge is 2.30. The van der Waals surface area contributed by atoms with Gasteiger partial charge in [0.2, 0.25) is 5.75 Å². The number of carbonyl (C=O) groups is 1. The molecule has 3 aromatic carbocycles. The first kappa shape index (κ1) is 19.0. The van der Waals surface area contributed by atoms with Gasteiger partial charge in [-0.3, -0.25) is 10.1 Å². The van der Waals surface area contributed by atoms with E-state index < -0.39 is 22.4 Å². The van der Waals surface area contributed by atoms with Gasteiger partial charge in [0, 0.05) is 5.56 Å². The van der Waals surface area contributed by atoms with Crippen LogP contribution in [0.2, 0.25) is 0 Å². The van der Waals surface area contributed by atoms with Crippen LogP contribution in [0, 0.1) is 22.9 Å². The summed E-state index contributed by atoms with van der Waals surface area (Å²) in [5.41, 5.74) is -0.304. The molecule has 3 rings (SSSR count). The molecule has 0 saturated carbocycles. The van der Waals surface area contributed by atoms with Crippen molar-refractivity contribution < 1.29 is 23.6 Å². The highest BCUT2D eigenvalue weighted by atomic mass is 19.1. The maximum absolute atomic E-state index is 14.3. The van der Waals surface area contributed by atoms with Crippen molar-refractivity contribution in [1.29, 1.82) is 0 Å². The van der Waals surface area contributed by atoms with Crippen LogP contribution in [-0.4, -0.2) is 10.9 Å². The number of nitro benzene ring substituents is 1. The number of carbonyl (C=O) groups excluding carboxylic acids is 1. The zero-order chi connectivity index (χ0) is 20.1. The second-order valence-corrected chi connectivity index (χ2v) is 5.94. The molecule has 0 unspecified atom stereocenters. The number of nitrogens with zero attached hydrogens (tertiary/aromatic N) is 1. The molecule has 0 aliphatic heterocycles. The van der Waals surface area contributed by atoms with E-state index in [1.807, 2.05) is 6.07 Å². The van der Waals surface area contributed by atoms with Crippen LogP contribution < -0.4 is 9.47 Å². The summed E-state index contributed by atoms with van der Waals surface area (Å²) in [5.74, 6) is -1.92. The van der Waals surface area contributed by atoms with Crippen LogP contribution in [0.5, 0.6) is 11.5 Å². The maximum Gasteiger partial charge on any atom is 0.347 e. The van der Waals surface area contributed by atoms with E-state index in [0.717, 1.165) is 11.6 Å². The molecule has 142 valence electrons. The van der Waals surface area contributed by atoms with Crippen LogP contribution in [0.3, 0.4) is 0 Å². The third-order valence-electron chi connectivity index (χ3n) is 4.04. The Balaban J connectivity index is 2.03. The minimum absolute atomic E-state index is 0.0294. The minimum Gasteiger partial charge on any atom is -0.481 e. The van der Waals surface area contributed by atoms with E-state index in [9.17, 15) is 19.3 Å². The minimum atomic E-state index is -0.936. The summed E-state index contributed by atoms with van der Waals surface area (Å²) in [7, 11) is 0. The van der Waals surface area contributed by atoms with Crippen molar-refractivity contribution in [2.24, 2.45) is 0 Å². The number of para-hydroxylation sites is 1. The Hall–Kier alpha value is -3.74. The molecule has 0 aliphatic carbocycles. The van der Waals surface area contributed by atoms with E-state index in [1.54, 1.807) is 54.6 Å². The van der Waals surface area contributed by atoms with Gasteiger partial charge in [-0.05, 0) is 24.6 Å². The molecule has 0 saturated heterocycles. The molecular weight excluding hydrogens is 365 g/mol. The van der Waals surface area contributed by atoms with Gasteiger partial charge in [-0.15, -0.1) is 0 Å². The predicted molar refractivity (Wildman–Crippen MR) is 100.0 cm³/mol. The Morgan fingerprint density at radius 2 is 1.68 bits per heavy atom. The van der Waals surface area contributed by atoms with Crippen molar-refractivity contribution in [1.82, 2.24) is 0 Å². The lowest BCUT2D eigenvalue weighted by atomic mass is 10.1. The SMILES string of the molecule is Cc1c(F)cc([N+](=O)[O-])c(OCc2ccccc2)c1C(=O)Oc1ccccc1. The Kier molecular flexibility index (Phi) is 5.64. The summed E-state index contributed by atoms with van der Waals surface area (Å²) >= 11 is 0. The van der Waals surface area contributed by atoms with Crippen LogP contribution in [0.15, 0.2) is 66.7 Å². The maximum atomic E-state index is 14.3. The molecule has 28 heavy (non-hydrogen) atoms. The molecule has 0 spiro atoms. The van der Waals surface area contributed by atoms with Gasteiger partial charge in [-0.2, -0.15) is 0 Å². The van der Waals surface area contributed by atoms with Gasteiger partial charge in [0.15, 0.2) is 0 Å². The molecule has 0 heterocycles. The van der Waals surface area contributed by atoms with Crippen LogP contribution in [-0.2, 0) is 6.61 Å². The number of hydrogen-bond donors (Lipinski definition) is 0. The quantitative estimate of drug-likeness (QED) is 0.264. The number of nitro groups is 1. The number of hydrogen-bond acceptors (Lipinski definition) is 5. The highest BCUT2D eigenvalue weighted by Crippen LogP contribution is 2.36. The average molecular weight is 381 g/mol.